The molecule has 0 spiro atoms. The summed E-state index contributed by atoms with van der Waals surface area (Å²) in [5.74, 6) is -2.32. The van der Waals surface area contributed by atoms with Gasteiger partial charge in [-0.1, -0.05) is 35.0 Å². The van der Waals surface area contributed by atoms with E-state index in [1.165, 1.54) is 12.1 Å². The Morgan fingerprint density at radius 1 is 1.12 bits per heavy atom. The molecule has 10 heteroatoms. The molecule has 1 aromatic heterocycles. The number of carbonyl (C=O) groups is 2. The summed E-state index contributed by atoms with van der Waals surface area (Å²) in [6.07, 6.45) is 3.10. The van der Waals surface area contributed by atoms with Crippen LogP contribution >= 0.6 is 0 Å². The zero-order valence-corrected chi connectivity index (χ0v) is 24.5. The van der Waals surface area contributed by atoms with Gasteiger partial charge >= 0.3 is 0 Å². The van der Waals surface area contributed by atoms with Gasteiger partial charge in [-0.15, -0.1) is 0 Å². The second-order valence-corrected chi connectivity index (χ2v) is 12.8. The van der Waals surface area contributed by atoms with Crippen molar-refractivity contribution in [2.45, 2.75) is 82.5 Å². The predicted molar refractivity (Wildman–Crippen MR) is 153 cm³/mol. The third kappa shape index (κ3) is 6.55. The summed E-state index contributed by atoms with van der Waals surface area (Å²) in [5, 5.41) is 20.3. The molecule has 0 bridgehead atoms. The number of hydrogen-bond acceptors (Lipinski definition) is 6. The second kappa shape index (κ2) is 11.2. The van der Waals surface area contributed by atoms with Crippen LogP contribution in [0.5, 0.6) is 0 Å². The molecule has 0 atom stereocenters. The molecule has 42 heavy (non-hydrogen) atoms. The average Bonchev–Trinajstić information content (AvgIpc) is 3.37. The predicted octanol–water partition coefficient (Wildman–Crippen LogP) is 4.85. The molecule has 1 saturated carbocycles. The maximum absolute atomic E-state index is 14.3. The first-order chi connectivity index (χ1) is 19.7. The van der Waals surface area contributed by atoms with Crippen molar-refractivity contribution in [3.8, 4) is 11.3 Å². The van der Waals surface area contributed by atoms with Gasteiger partial charge in [-0.2, -0.15) is 0 Å². The van der Waals surface area contributed by atoms with Crippen molar-refractivity contribution in [2.75, 3.05) is 13.1 Å². The molecule has 3 N–H and O–H groups in total. The smallest absolute Gasteiger partial charge is 0.274 e. The zero-order chi connectivity index (χ0) is 30.3. The number of halogens is 2. The molecule has 224 valence electrons. The summed E-state index contributed by atoms with van der Waals surface area (Å²) in [4.78, 5) is 29.1. The van der Waals surface area contributed by atoms with Crippen LogP contribution in [0.3, 0.4) is 0 Å². The lowest BCUT2D eigenvalue weighted by Crippen LogP contribution is -2.73. The quantitative estimate of drug-likeness (QED) is 0.352. The van der Waals surface area contributed by atoms with E-state index in [2.05, 4.69) is 20.7 Å². The first-order valence-electron chi connectivity index (χ1n) is 14.3. The molecule has 2 amide bonds. The van der Waals surface area contributed by atoms with Crippen LogP contribution in [-0.4, -0.2) is 57.2 Å². The lowest BCUT2D eigenvalue weighted by atomic mass is 9.78. The molecule has 0 unspecified atom stereocenters. The van der Waals surface area contributed by atoms with Gasteiger partial charge in [0.25, 0.3) is 5.91 Å². The number of aromatic nitrogens is 1. The number of nitrogens with one attached hydrogen (secondary N) is 2. The molecule has 2 fully saturated rings. The van der Waals surface area contributed by atoms with Gasteiger partial charge in [0.15, 0.2) is 11.5 Å². The summed E-state index contributed by atoms with van der Waals surface area (Å²) in [7, 11) is 0. The first-order valence-corrected chi connectivity index (χ1v) is 14.3. The highest BCUT2D eigenvalue weighted by Crippen LogP contribution is 2.36. The SMILES string of the molecule is Cc1cccc(C(C)(C)NC(=O)CC2(NC(=O)c3cc(-c4ccc(F)cc4F)on3)CN(C3CCC(C)(O)CC3)C2)c1. The number of carbonyl (C=O) groups excluding carboxylic acids is 2. The van der Waals surface area contributed by atoms with Crippen molar-refractivity contribution in [1.82, 2.24) is 20.7 Å². The van der Waals surface area contributed by atoms with E-state index in [0.29, 0.717) is 25.9 Å². The molecule has 2 heterocycles. The lowest BCUT2D eigenvalue weighted by molar-refractivity contribution is -0.127. The number of benzene rings is 2. The molecule has 0 radical (unpaired) electrons. The standard InChI is InChI=1S/C32H38F2N4O4/c1-20-6-5-7-21(14-20)30(2,3)35-28(39)17-32(18-38(19-32)23-10-12-31(4,41)13-11-23)36-29(40)26-16-27(42-37-26)24-9-8-22(33)15-25(24)34/h5-9,14-16,23,41H,10-13,17-19H2,1-4H3,(H,35,39)(H,36,40). The minimum Gasteiger partial charge on any atom is -0.390 e. The van der Waals surface area contributed by atoms with Crippen LogP contribution in [-0.2, 0) is 10.3 Å². The molecule has 1 aliphatic heterocycles. The molecule has 5 rings (SSSR count). The number of likely N-dealkylation sites (tertiary alicyclic amines) is 1. The van der Waals surface area contributed by atoms with Gasteiger partial charge in [0, 0.05) is 31.3 Å². The van der Waals surface area contributed by atoms with E-state index >= 15 is 0 Å². The summed E-state index contributed by atoms with van der Waals surface area (Å²) in [5.41, 5.74) is -0.174. The van der Waals surface area contributed by atoms with Gasteiger partial charge in [-0.05, 0) is 71.1 Å². The van der Waals surface area contributed by atoms with E-state index in [4.69, 9.17) is 4.52 Å². The number of nitrogens with zero attached hydrogens (tertiary/aromatic N) is 2. The molecular formula is C32H38F2N4O4. The number of amides is 2. The summed E-state index contributed by atoms with van der Waals surface area (Å²) in [6, 6.07) is 12.6. The molecule has 1 saturated heterocycles. The van der Waals surface area contributed by atoms with Crippen LogP contribution in [0.25, 0.3) is 11.3 Å². The fourth-order valence-corrected chi connectivity index (χ4v) is 6.12. The molecule has 2 aromatic carbocycles. The molecule has 8 nitrogen and oxygen atoms in total. The fourth-order valence-electron chi connectivity index (χ4n) is 6.12. The Kier molecular flexibility index (Phi) is 7.98. The highest BCUT2D eigenvalue weighted by molar-refractivity contribution is 5.94. The molecule has 2 aliphatic rings. The van der Waals surface area contributed by atoms with Crippen molar-refractivity contribution in [1.29, 1.82) is 0 Å². The van der Waals surface area contributed by atoms with Crippen LogP contribution in [0.2, 0.25) is 0 Å². The Bertz CT molecular complexity index is 1470. The zero-order valence-electron chi connectivity index (χ0n) is 24.5. The van der Waals surface area contributed by atoms with E-state index in [1.807, 2.05) is 52.0 Å². The summed E-state index contributed by atoms with van der Waals surface area (Å²) in [6.45, 7) is 8.66. The minimum atomic E-state index is -0.857. The Balaban J connectivity index is 1.31. The maximum Gasteiger partial charge on any atom is 0.274 e. The number of hydrogen-bond donors (Lipinski definition) is 3. The van der Waals surface area contributed by atoms with Crippen LogP contribution in [0.15, 0.2) is 53.1 Å². The van der Waals surface area contributed by atoms with Gasteiger partial charge in [-0.25, -0.2) is 8.78 Å². The van der Waals surface area contributed by atoms with E-state index in [0.717, 1.165) is 36.1 Å². The van der Waals surface area contributed by atoms with Crippen molar-refractivity contribution in [3.05, 3.63) is 77.0 Å². The second-order valence-electron chi connectivity index (χ2n) is 12.8. The van der Waals surface area contributed by atoms with Crippen LogP contribution in [0.1, 0.15) is 74.5 Å². The van der Waals surface area contributed by atoms with Gasteiger partial charge < -0.3 is 20.3 Å². The Morgan fingerprint density at radius 3 is 2.50 bits per heavy atom. The topological polar surface area (TPSA) is 108 Å². The van der Waals surface area contributed by atoms with Crippen LogP contribution in [0, 0.1) is 18.6 Å². The number of rotatable bonds is 8. The van der Waals surface area contributed by atoms with Crippen molar-refractivity contribution in [2.24, 2.45) is 0 Å². The van der Waals surface area contributed by atoms with Gasteiger partial charge in [0.1, 0.15) is 11.6 Å². The van der Waals surface area contributed by atoms with Crippen molar-refractivity contribution >= 4 is 11.8 Å². The van der Waals surface area contributed by atoms with Gasteiger partial charge in [0.05, 0.1) is 28.7 Å². The maximum atomic E-state index is 14.3. The van der Waals surface area contributed by atoms with Crippen LogP contribution < -0.4 is 10.6 Å². The Labute approximate surface area is 244 Å². The highest BCUT2D eigenvalue weighted by atomic mass is 19.1. The third-order valence-electron chi connectivity index (χ3n) is 8.57. The van der Waals surface area contributed by atoms with E-state index in [1.54, 1.807) is 0 Å². The van der Waals surface area contributed by atoms with E-state index < -0.39 is 34.2 Å². The van der Waals surface area contributed by atoms with Gasteiger partial charge in [0.2, 0.25) is 5.91 Å². The monoisotopic (exact) mass is 580 g/mol. The van der Waals surface area contributed by atoms with E-state index in [-0.39, 0.29) is 35.4 Å². The number of aryl methyl sites for hydroxylation is 1. The minimum absolute atomic E-state index is 0.00570. The summed E-state index contributed by atoms with van der Waals surface area (Å²) >= 11 is 0. The lowest BCUT2D eigenvalue weighted by Gasteiger charge is -2.54. The van der Waals surface area contributed by atoms with Crippen molar-refractivity contribution in [3.63, 3.8) is 0 Å². The fraction of sp³-hybridized carbons (Fsp3) is 0.469. The number of aliphatic hydroxyl groups is 1. The van der Waals surface area contributed by atoms with Gasteiger partial charge in [-0.3, -0.25) is 14.5 Å². The summed E-state index contributed by atoms with van der Waals surface area (Å²) < 4.78 is 32.8. The van der Waals surface area contributed by atoms with E-state index in [9.17, 15) is 23.5 Å². The van der Waals surface area contributed by atoms with Crippen LogP contribution in [0.4, 0.5) is 8.78 Å². The Hall–Kier alpha value is -3.63. The Morgan fingerprint density at radius 2 is 1.83 bits per heavy atom. The molecular weight excluding hydrogens is 542 g/mol. The third-order valence-corrected chi connectivity index (χ3v) is 8.57. The largest absolute Gasteiger partial charge is 0.390 e. The molecule has 3 aromatic rings. The average molecular weight is 581 g/mol. The normalized spacial score (nSPS) is 22.3. The highest BCUT2D eigenvalue weighted by Gasteiger charge is 2.49. The molecule has 1 aliphatic carbocycles. The van der Waals surface area contributed by atoms with Crippen molar-refractivity contribution < 1.29 is 28.0 Å². The first kappa shape index (κ1) is 29.8.